The van der Waals surface area contributed by atoms with E-state index in [1.165, 1.54) is 12.1 Å². The maximum absolute atomic E-state index is 12.7. The summed E-state index contributed by atoms with van der Waals surface area (Å²) in [6.07, 6.45) is 0.415. The Morgan fingerprint density at radius 2 is 2.31 bits per heavy atom. The molecule has 0 saturated heterocycles. The lowest BCUT2D eigenvalue weighted by molar-refractivity contribution is 0.305. The Kier molecular flexibility index (Phi) is 3.41. The summed E-state index contributed by atoms with van der Waals surface area (Å²) in [5, 5.41) is 8.46. The first kappa shape index (κ1) is 9.69. The zero-order valence-corrected chi connectivity index (χ0v) is 7.34. The largest absolute Gasteiger partial charge is 0.395 e. The van der Waals surface area contributed by atoms with Gasteiger partial charge in [-0.3, -0.25) is 0 Å². The summed E-state index contributed by atoms with van der Waals surface area (Å²) < 4.78 is 12.7. The molecular formula is C10H10FNO. The smallest absolute Gasteiger partial charge is 0.144 e. The van der Waals surface area contributed by atoms with Crippen molar-refractivity contribution in [2.24, 2.45) is 0 Å². The van der Waals surface area contributed by atoms with Gasteiger partial charge in [0.25, 0.3) is 0 Å². The van der Waals surface area contributed by atoms with Crippen LogP contribution in [0, 0.1) is 24.6 Å². The topological polar surface area (TPSA) is 33.1 Å². The quantitative estimate of drug-likeness (QED) is 0.658. The normalized spacial score (nSPS) is 9.15. The Labute approximate surface area is 76.4 Å². The highest BCUT2D eigenvalue weighted by Gasteiger charge is 1.97. The van der Waals surface area contributed by atoms with Crippen LogP contribution in [-0.4, -0.2) is 16.7 Å². The highest BCUT2D eigenvalue weighted by molar-refractivity contribution is 5.28. The molecule has 0 aliphatic heterocycles. The van der Waals surface area contributed by atoms with Crippen molar-refractivity contribution >= 4 is 0 Å². The number of rotatable bonds is 1. The van der Waals surface area contributed by atoms with Gasteiger partial charge in [-0.1, -0.05) is 5.92 Å². The second-order valence-corrected chi connectivity index (χ2v) is 2.54. The molecule has 0 aliphatic rings. The van der Waals surface area contributed by atoms with Crippen LogP contribution in [0.15, 0.2) is 12.1 Å². The molecule has 0 atom stereocenters. The zero-order chi connectivity index (χ0) is 9.68. The Morgan fingerprint density at radius 3 is 2.92 bits per heavy atom. The zero-order valence-electron chi connectivity index (χ0n) is 7.34. The second kappa shape index (κ2) is 4.58. The number of aliphatic hydroxyl groups is 1. The van der Waals surface area contributed by atoms with E-state index in [9.17, 15) is 4.39 Å². The lowest BCUT2D eigenvalue weighted by Gasteiger charge is -1.94. The number of aryl methyl sites for hydroxylation is 1. The maximum atomic E-state index is 12.7. The van der Waals surface area contributed by atoms with E-state index in [0.717, 1.165) is 0 Å². The molecule has 3 heteroatoms. The van der Waals surface area contributed by atoms with Crippen LogP contribution >= 0.6 is 0 Å². The fourth-order valence-corrected chi connectivity index (χ4v) is 0.823. The third-order valence-electron chi connectivity index (χ3n) is 1.47. The van der Waals surface area contributed by atoms with E-state index in [1.807, 2.05) is 0 Å². The van der Waals surface area contributed by atoms with Gasteiger partial charge in [0.15, 0.2) is 0 Å². The summed E-state index contributed by atoms with van der Waals surface area (Å²) in [7, 11) is 0. The molecule has 2 nitrogen and oxygen atoms in total. The fourth-order valence-electron chi connectivity index (χ4n) is 0.823. The summed E-state index contributed by atoms with van der Waals surface area (Å²) in [6.45, 7) is 1.62. The molecule has 1 aromatic heterocycles. The number of nitrogens with zero attached hydrogens (tertiary/aromatic N) is 1. The molecule has 0 aromatic carbocycles. The van der Waals surface area contributed by atoms with Crippen LogP contribution in [0.4, 0.5) is 4.39 Å². The van der Waals surface area contributed by atoms with Crippen molar-refractivity contribution in [3.05, 3.63) is 29.3 Å². The molecule has 0 aliphatic carbocycles. The first-order valence-electron chi connectivity index (χ1n) is 3.97. The molecule has 0 radical (unpaired) electrons. The lowest BCUT2D eigenvalue weighted by atomic mass is 10.3. The van der Waals surface area contributed by atoms with Gasteiger partial charge in [-0.05, 0) is 25.0 Å². The van der Waals surface area contributed by atoms with Crippen LogP contribution < -0.4 is 0 Å². The van der Waals surface area contributed by atoms with Gasteiger partial charge in [0.1, 0.15) is 11.5 Å². The number of hydrogen-bond donors (Lipinski definition) is 1. The molecule has 1 aromatic rings. The van der Waals surface area contributed by atoms with Crippen molar-refractivity contribution in [3.63, 3.8) is 0 Å². The Balaban J connectivity index is 2.81. The van der Waals surface area contributed by atoms with E-state index in [1.54, 1.807) is 6.92 Å². The standard InChI is InChI=1S/C10H10FNO/c1-8-10(11)6-5-9(12-8)4-2-3-7-13/h5-6,13H,3,7H2,1H3. The molecule has 0 saturated carbocycles. The molecule has 1 N–H and O–H groups in total. The van der Waals surface area contributed by atoms with Gasteiger partial charge in [-0.2, -0.15) is 0 Å². The van der Waals surface area contributed by atoms with E-state index in [4.69, 9.17) is 5.11 Å². The molecule has 13 heavy (non-hydrogen) atoms. The van der Waals surface area contributed by atoms with Crippen molar-refractivity contribution in [1.82, 2.24) is 4.98 Å². The molecule has 0 amide bonds. The van der Waals surface area contributed by atoms with Crippen molar-refractivity contribution in [3.8, 4) is 11.8 Å². The van der Waals surface area contributed by atoms with Gasteiger partial charge in [-0.25, -0.2) is 9.37 Å². The Bertz CT molecular complexity index is 352. The van der Waals surface area contributed by atoms with Gasteiger partial charge in [-0.15, -0.1) is 0 Å². The highest BCUT2D eigenvalue weighted by atomic mass is 19.1. The molecule has 1 rings (SSSR count). The minimum absolute atomic E-state index is 0.0349. The summed E-state index contributed by atoms with van der Waals surface area (Å²) in [5.41, 5.74) is 0.878. The lowest BCUT2D eigenvalue weighted by Crippen LogP contribution is -1.90. The third-order valence-corrected chi connectivity index (χ3v) is 1.47. The predicted molar refractivity (Wildman–Crippen MR) is 47.5 cm³/mol. The van der Waals surface area contributed by atoms with Crippen molar-refractivity contribution in [1.29, 1.82) is 0 Å². The fraction of sp³-hybridized carbons (Fsp3) is 0.300. The number of pyridine rings is 1. The van der Waals surface area contributed by atoms with Crippen LogP contribution in [0.25, 0.3) is 0 Å². The van der Waals surface area contributed by atoms with E-state index in [2.05, 4.69) is 16.8 Å². The molecule has 0 spiro atoms. The summed E-state index contributed by atoms with van der Waals surface area (Å²) in [5.74, 6) is 5.11. The van der Waals surface area contributed by atoms with E-state index >= 15 is 0 Å². The van der Waals surface area contributed by atoms with Crippen molar-refractivity contribution in [2.45, 2.75) is 13.3 Å². The number of aromatic nitrogens is 1. The maximum Gasteiger partial charge on any atom is 0.144 e. The third kappa shape index (κ3) is 2.85. The average molecular weight is 179 g/mol. The number of hydrogen-bond acceptors (Lipinski definition) is 2. The first-order valence-corrected chi connectivity index (χ1v) is 3.97. The van der Waals surface area contributed by atoms with E-state index in [-0.39, 0.29) is 12.4 Å². The van der Waals surface area contributed by atoms with Gasteiger partial charge < -0.3 is 5.11 Å². The predicted octanol–water partition coefficient (Wildman–Crippen LogP) is 1.26. The van der Waals surface area contributed by atoms with Crippen LogP contribution in [0.2, 0.25) is 0 Å². The van der Waals surface area contributed by atoms with Crippen LogP contribution in [0.5, 0.6) is 0 Å². The summed E-state index contributed by atoms with van der Waals surface area (Å²) in [6, 6.07) is 2.86. The Hall–Kier alpha value is -1.40. The average Bonchev–Trinajstić information content (AvgIpc) is 2.12. The molecular weight excluding hydrogens is 169 g/mol. The minimum Gasteiger partial charge on any atom is -0.395 e. The minimum atomic E-state index is -0.326. The van der Waals surface area contributed by atoms with E-state index in [0.29, 0.717) is 17.8 Å². The molecule has 68 valence electrons. The Morgan fingerprint density at radius 1 is 1.54 bits per heavy atom. The summed E-state index contributed by atoms with van der Waals surface area (Å²) in [4.78, 5) is 3.91. The van der Waals surface area contributed by atoms with E-state index < -0.39 is 0 Å². The molecule has 0 unspecified atom stereocenters. The van der Waals surface area contributed by atoms with Gasteiger partial charge >= 0.3 is 0 Å². The first-order chi connectivity index (χ1) is 6.24. The SMILES string of the molecule is Cc1nc(C#CCCO)ccc1F. The van der Waals surface area contributed by atoms with Crippen LogP contribution in [-0.2, 0) is 0 Å². The highest BCUT2D eigenvalue weighted by Crippen LogP contribution is 2.02. The molecule has 1 heterocycles. The van der Waals surface area contributed by atoms with Gasteiger partial charge in [0, 0.05) is 6.42 Å². The molecule has 0 bridgehead atoms. The van der Waals surface area contributed by atoms with Gasteiger partial charge in [0.2, 0.25) is 0 Å². The monoisotopic (exact) mass is 179 g/mol. The van der Waals surface area contributed by atoms with Crippen molar-refractivity contribution in [2.75, 3.05) is 6.61 Å². The number of halogens is 1. The molecule has 0 fully saturated rings. The van der Waals surface area contributed by atoms with Crippen LogP contribution in [0.1, 0.15) is 17.8 Å². The summed E-state index contributed by atoms with van der Waals surface area (Å²) >= 11 is 0. The van der Waals surface area contributed by atoms with Crippen LogP contribution in [0.3, 0.4) is 0 Å². The number of aliphatic hydroxyl groups excluding tert-OH is 1. The van der Waals surface area contributed by atoms with Gasteiger partial charge in [0.05, 0.1) is 12.3 Å². The van der Waals surface area contributed by atoms with Crippen molar-refractivity contribution < 1.29 is 9.50 Å². The second-order valence-electron chi connectivity index (χ2n) is 2.54.